The van der Waals surface area contributed by atoms with E-state index in [1.165, 1.54) is 11.1 Å². The monoisotopic (exact) mass is 676 g/mol. The Morgan fingerprint density at radius 1 is 0.340 bits per heavy atom. The maximum absolute atomic E-state index is 6.64. The van der Waals surface area contributed by atoms with Gasteiger partial charge in [0, 0.05) is 32.8 Å². The summed E-state index contributed by atoms with van der Waals surface area (Å²) in [5.41, 5.74) is 13.3. The zero-order valence-electron chi connectivity index (χ0n) is 28.8. The molecule has 2 aromatic heterocycles. The number of fused-ring (bicyclic) bond motifs is 5. The first-order valence-electron chi connectivity index (χ1n) is 17.9. The zero-order valence-corrected chi connectivity index (χ0v) is 28.8. The molecule has 0 aliphatic rings. The van der Waals surface area contributed by atoms with Gasteiger partial charge in [-0.1, -0.05) is 158 Å². The molecule has 10 aromatic rings. The Kier molecular flexibility index (Phi) is 7.47. The highest BCUT2D eigenvalue weighted by Crippen LogP contribution is 2.44. The third-order valence-electron chi connectivity index (χ3n) is 10.1. The molecule has 0 atom stereocenters. The molecule has 3 nitrogen and oxygen atoms in total. The Hall–Kier alpha value is -7.10. The first-order chi connectivity index (χ1) is 26.3. The van der Waals surface area contributed by atoms with Crippen LogP contribution in [0.15, 0.2) is 199 Å². The number of para-hydroxylation sites is 1. The van der Waals surface area contributed by atoms with E-state index in [9.17, 15) is 0 Å². The fraction of sp³-hybridized carbons (Fsp3) is 0. The van der Waals surface area contributed by atoms with Gasteiger partial charge in [-0.05, 0) is 75.2 Å². The molecule has 248 valence electrons. The van der Waals surface area contributed by atoms with Gasteiger partial charge in [0.2, 0.25) is 0 Å². The number of benzene rings is 8. The number of furan rings is 1. The van der Waals surface area contributed by atoms with Gasteiger partial charge in [-0.2, -0.15) is 0 Å². The lowest BCUT2D eigenvalue weighted by Gasteiger charge is -2.16. The minimum Gasteiger partial charge on any atom is -0.455 e. The number of hydrogen-bond acceptors (Lipinski definition) is 3. The summed E-state index contributed by atoms with van der Waals surface area (Å²) < 4.78 is 6.64. The lowest BCUT2D eigenvalue weighted by Crippen LogP contribution is -1.97. The molecule has 0 saturated carbocycles. The SMILES string of the molecule is c1ccc(-c2cc(-c3cc(-c4ccccc4-c4ccccc4)cc(-c4cc5ccccc5c5oc6ccccc6c45)c3)nc(-c3ccccc3)n2)cc1. The van der Waals surface area contributed by atoms with Crippen LogP contribution in [0.2, 0.25) is 0 Å². The van der Waals surface area contributed by atoms with Crippen LogP contribution in [-0.4, -0.2) is 9.97 Å². The van der Waals surface area contributed by atoms with E-state index < -0.39 is 0 Å². The second-order valence-electron chi connectivity index (χ2n) is 13.4. The van der Waals surface area contributed by atoms with E-state index in [1.54, 1.807) is 0 Å². The van der Waals surface area contributed by atoms with E-state index in [0.29, 0.717) is 5.82 Å². The summed E-state index contributed by atoms with van der Waals surface area (Å²) in [4.78, 5) is 10.4. The van der Waals surface area contributed by atoms with Crippen molar-refractivity contribution in [2.45, 2.75) is 0 Å². The molecule has 2 heterocycles. The third-order valence-corrected chi connectivity index (χ3v) is 10.1. The van der Waals surface area contributed by atoms with E-state index in [4.69, 9.17) is 14.4 Å². The molecule has 10 rings (SSSR count). The van der Waals surface area contributed by atoms with Gasteiger partial charge in [0.1, 0.15) is 11.2 Å². The summed E-state index contributed by atoms with van der Waals surface area (Å²) >= 11 is 0. The van der Waals surface area contributed by atoms with Crippen LogP contribution in [0.5, 0.6) is 0 Å². The second-order valence-corrected chi connectivity index (χ2v) is 13.4. The molecular formula is C50H32N2O. The van der Waals surface area contributed by atoms with Crippen LogP contribution < -0.4 is 0 Å². The van der Waals surface area contributed by atoms with Crippen molar-refractivity contribution in [3.63, 3.8) is 0 Å². The lowest BCUT2D eigenvalue weighted by molar-refractivity contribution is 0.673. The van der Waals surface area contributed by atoms with Crippen LogP contribution in [0.3, 0.4) is 0 Å². The molecule has 0 unspecified atom stereocenters. The summed E-state index contributed by atoms with van der Waals surface area (Å²) in [6.45, 7) is 0. The molecule has 0 spiro atoms. The fourth-order valence-electron chi connectivity index (χ4n) is 7.55. The molecule has 0 saturated heterocycles. The van der Waals surface area contributed by atoms with Crippen LogP contribution in [0.1, 0.15) is 0 Å². The fourth-order valence-corrected chi connectivity index (χ4v) is 7.55. The van der Waals surface area contributed by atoms with E-state index in [-0.39, 0.29) is 0 Å². The van der Waals surface area contributed by atoms with Gasteiger partial charge in [-0.3, -0.25) is 0 Å². The molecule has 0 N–H and O–H groups in total. The van der Waals surface area contributed by atoms with E-state index in [1.807, 2.05) is 30.3 Å². The van der Waals surface area contributed by atoms with Crippen molar-refractivity contribution >= 4 is 32.7 Å². The average Bonchev–Trinajstić information content (AvgIpc) is 3.64. The summed E-state index contributed by atoms with van der Waals surface area (Å²) in [7, 11) is 0. The molecule has 3 heteroatoms. The van der Waals surface area contributed by atoms with Crippen molar-refractivity contribution in [1.29, 1.82) is 0 Å². The van der Waals surface area contributed by atoms with Crippen molar-refractivity contribution in [1.82, 2.24) is 9.97 Å². The minimum absolute atomic E-state index is 0.688. The maximum Gasteiger partial charge on any atom is 0.160 e. The summed E-state index contributed by atoms with van der Waals surface area (Å²) in [6.07, 6.45) is 0. The van der Waals surface area contributed by atoms with Gasteiger partial charge in [0.05, 0.1) is 11.4 Å². The third kappa shape index (κ3) is 5.56. The number of hydrogen-bond donors (Lipinski definition) is 0. The molecule has 0 aliphatic heterocycles. The number of rotatable bonds is 6. The number of aromatic nitrogens is 2. The highest BCUT2D eigenvalue weighted by molar-refractivity contribution is 6.21. The Labute approximate surface area is 307 Å². The van der Waals surface area contributed by atoms with Crippen LogP contribution in [0.25, 0.3) is 100.0 Å². The van der Waals surface area contributed by atoms with Crippen molar-refractivity contribution in [3.05, 3.63) is 194 Å². The topological polar surface area (TPSA) is 38.9 Å². The van der Waals surface area contributed by atoms with Gasteiger partial charge in [0.15, 0.2) is 5.82 Å². The minimum atomic E-state index is 0.688. The van der Waals surface area contributed by atoms with Crippen molar-refractivity contribution in [2.24, 2.45) is 0 Å². The second kappa shape index (κ2) is 12.9. The van der Waals surface area contributed by atoms with Gasteiger partial charge in [-0.15, -0.1) is 0 Å². The molecule has 53 heavy (non-hydrogen) atoms. The van der Waals surface area contributed by atoms with Crippen molar-refractivity contribution < 1.29 is 4.42 Å². The van der Waals surface area contributed by atoms with Crippen molar-refractivity contribution in [3.8, 4) is 67.3 Å². The maximum atomic E-state index is 6.64. The van der Waals surface area contributed by atoms with Crippen LogP contribution in [-0.2, 0) is 0 Å². The molecule has 0 fully saturated rings. The van der Waals surface area contributed by atoms with Gasteiger partial charge in [-0.25, -0.2) is 9.97 Å². The first kappa shape index (κ1) is 30.7. The Bertz CT molecular complexity index is 2870. The smallest absolute Gasteiger partial charge is 0.160 e. The van der Waals surface area contributed by atoms with E-state index in [0.717, 1.165) is 83.0 Å². The molecule has 0 aliphatic carbocycles. The molecular weight excluding hydrogens is 645 g/mol. The quantitative estimate of drug-likeness (QED) is 0.176. The Morgan fingerprint density at radius 2 is 0.849 bits per heavy atom. The molecule has 0 bridgehead atoms. The zero-order chi connectivity index (χ0) is 35.1. The standard InChI is InChI=1S/C50H32N2O/c1-4-16-33(17-5-1)40-23-12-13-24-41(40)37-28-38(44-31-36-22-10-11-25-42(36)49-48(44)43-26-14-15-27-47(43)53-49)30-39(29-37)46-32-45(34-18-6-2-7-19-34)51-50(52-46)35-20-8-3-9-21-35/h1-32H. The summed E-state index contributed by atoms with van der Waals surface area (Å²) in [5.74, 6) is 0.688. The molecule has 0 radical (unpaired) electrons. The van der Waals surface area contributed by atoms with Gasteiger partial charge >= 0.3 is 0 Å². The Morgan fingerprint density at radius 3 is 1.57 bits per heavy atom. The first-order valence-corrected chi connectivity index (χ1v) is 17.9. The van der Waals surface area contributed by atoms with Crippen molar-refractivity contribution in [2.75, 3.05) is 0 Å². The predicted octanol–water partition coefficient (Wildman–Crippen LogP) is 13.5. The molecule has 0 amide bonds. The van der Waals surface area contributed by atoms with E-state index in [2.05, 4.69) is 164 Å². The number of nitrogens with zero attached hydrogens (tertiary/aromatic N) is 2. The van der Waals surface area contributed by atoms with Gasteiger partial charge < -0.3 is 4.42 Å². The normalized spacial score (nSPS) is 11.4. The predicted molar refractivity (Wildman–Crippen MR) is 219 cm³/mol. The van der Waals surface area contributed by atoms with Crippen LogP contribution in [0, 0.1) is 0 Å². The van der Waals surface area contributed by atoms with Crippen LogP contribution in [0.4, 0.5) is 0 Å². The molecule has 8 aromatic carbocycles. The van der Waals surface area contributed by atoms with Gasteiger partial charge in [0.25, 0.3) is 0 Å². The Balaban J connectivity index is 1.29. The largest absolute Gasteiger partial charge is 0.455 e. The average molecular weight is 677 g/mol. The highest BCUT2D eigenvalue weighted by Gasteiger charge is 2.19. The highest BCUT2D eigenvalue weighted by atomic mass is 16.3. The van der Waals surface area contributed by atoms with Crippen LogP contribution >= 0.6 is 0 Å². The summed E-state index contributed by atoms with van der Waals surface area (Å²) in [6, 6.07) is 68.0. The summed E-state index contributed by atoms with van der Waals surface area (Å²) in [5, 5.41) is 4.44. The lowest BCUT2D eigenvalue weighted by atomic mass is 9.88. The van der Waals surface area contributed by atoms with E-state index >= 15 is 0 Å².